The van der Waals surface area contributed by atoms with Gasteiger partial charge in [0.05, 0.1) is 24.2 Å². The van der Waals surface area contributed by atoms with Gasteiger partial charge in [-0.05, 0) is 61.9 Å². The van der Waals surface area contributed by atoms with Crippen molar-refractivity contribution in [2.24, 2.45) is 5.92 Å². The molecule has 0 aromatic heterocycles. The normalized spacial score (nSPS) is 20.4. The summed E-state index contributed by atoms with van der Waals surface area (Å²) >= 11 is 0. The van der Waals surface area contributed by atoms with Crippen LogP contribution in [0.2, 0.25) is 0 Å². The van der Waals surface area contributed by atoms with Crippen molar-refractivity contribution < 1.29 is 21.7 Å². The molecule has 0 bridgehead atoms. The Labute approximate surface area is 154 Å². The van der Waals surface area contributed by atoms with Crippen molar-refractivity contribution in [2.75, 3.05) is 6.61 Å². The van der Waals surface area contributed by atoms with Crippen molar-refractivity contribution >= 4 is 10.1 Å². The van der Waals surface area contributed by atoms with Crippen LogP contribution in [0.15, 0.2) is 53.4 Å². The van der Waals surface area contributed by atoms with Gasteiger partial charge in [0.1, 0.15) is 5.82 Å². The molecule has 3 rings (SSSR count). The molecule has 1 aliphatic carbocycles. The van der Waals surface area contributed by atoms with E-state index in [1.807, 2.05) is 6.92 Å². The van der Waals surface area contributed by atoms with Crippen LogP contribution in [0.5, 0.6) is 0 Å². The Balaban J connectivity index is 1.45. The summed E-state index contributed by atoms with van der Waals surface area (Å²) in [5.74, 6) is -0.102. The quantitative estimate of drug-likeness (QED) is 0.677. The number of halogens is 1. The molecule has 1 saturated carbocycles. The predicted octanol–water partition coefficient (Wildman–Crippen LogP) is 4.22. The highest BCUT2D eigenvalue weighted by molar-refractivity contribution is 7.86. The molecule has 0 spiro atoms. The maximum atomic E-state index is 12.9. The Kier molecular flexibility index (Phi) is 6.06. The van der Waals surface area contributed by atoms with E-state index in [4.69, 9.17) is 8.92 Å². The molecule has 0 N–H and O–H groups in total. The van der Waals surface area contributed by atoms with Crippen molar-refractivity contribution in [2.45, 2.75) is 43.8 Å². The van der Waals surface area contributed by atoms with Gasteiger partial charge in [0.2, 0.25) is 0 Å². The lowest BCUT2D eigenvalue weighted by molar-refractivity contribution is 0.0413. The fourth-order valence-electron chi connectivity index (χ4n) is 3.09. The summed E-state index contributed by atoms with van der Waals surface area (Å²) in [5.41, 5.74) is 1.92. The largest absolute Gasteiger partial charge is 0.374 e. The minimum atomic E-state index is -3.72. The Bertz CT molecular complexity index is 816. The lowest BCUT2D eigenvalue weighted by Gasteiger charge is -2.13. The second-order valence-electron chi connectivity index (χ2n) is 6.79. The number of aryl methyl sites for hydroxylation is 1. The average Bonchev–Trinajstić information content (AvgIpc) is 3.08. The Morgan fingerprint density at radius 3 is 2.42 bits per heavy atom. The van der Waals surface area contributed by atoms with E-state index in [0.717, 1.165) is 30.4 Å². The number of rotatable bonds is 7. The third kappa shape index (κ3) is 5.13. The van der Waals surface area contributed by atoms with E-state index in [2.05, 4.69) is 0 Å². The van der Waals surface area contributed by atoms with Crippen LogP contribution in [0.4, 0.5) is 4.39 Å². The van der Waals surface area contributed by atoms with Crippen LogP contribution in [0, 0.1) is 18.7 Å². The highest BCUT2D eigenvalue weighted by Crippen LogP contribution is 2.29. The second-order valence-corrected chi connectivity index (χ2v) is 8.41. The first-order chi connectivity index (χ1) is 12.4. The molecule has 0 heterocycles. The molecule has 4 nitrogen and oxygen atoms in total. The third-order valence-electron chi connectivity index (χ3n) is 4.66. The van der Waals surface area contributed by atoms with Crippen LogP contribution in [0.25, 0.3) is 0 Å². The molecule has 0 radical (unpaired) electrons. The van der Waals surface area contributed by atoms with E-state index >= 15 is 0 Å². The van der Waals surface area contributed by atoms with Gasteiger partial charge in [0.25, 0.3) is 10.1 Å². The topological polar surface area (TPSA) is 52.6 Å². The zero-order chi connectivity index (χ0) is 18.6. The predicted molar refractivity (Wildman–Crippen MR) is 96.6 cm³/mol. The standard InChI is InChI=1S/C20H23FO4S/c1-15-2-10-20(11-3-15)26(22,23)25-14-17-6-9-19(12-17)24-13-16-4-7-18(21)8-5-16/h2-5,7-8,10-11,17,19H,6,9,12-14H2,1H3. The summed E-state index contributed by atoms with van der Waals surface area (Å²) in [4.78, 5) is 0.185. The Morgan fingerprint density at radius 2 is 1.73 bits per heavy atom. The summed E-state index contributed by atoms with van der Waals surface area (Å²) in [6, 6.07) is 12.9. The highest BCUT2D eigenvalue weighted by atomic mass is 32.2. The minimum Gasteiger partial charge on any atom is -0.374 e. The number of benzene rings is 2. The van der Waals surface area contributed by atoms with Gasteiger partial charge in [-0.3, -0.25) is 4.18 Å². The van der Waals surface area contributed by atoms with E-state index in [-0.39, 0.29) is 29.3 Å². The van der Waals surface area contributed by atoms with Gasteiger partial charge in [-0.25, -0.2) is 4.39 Å². The summed E-state index contributed by atoms with van der Waals surface area (Å²) in [5, 5.41) is 0. The van der Waals surface area contributed by atoms with Gasteiger partial charge in [-0.1, -0.05) is 29.8 Å². The van der Waals surface area contributed by atoms with Crippen molar-refractivity contribution in [1.29, 1.82) is 0 Å². The molecule has 2 unspecified atom stereocenters. The average molecular weight is 378 g/mol. The minimum absolute atomic E-state index is 0.0794. The fraction of sp³-hybridized carbons (Fsp3) is 0.400. The van der Waals surface area contributed by atoms with E-state index < -0.39 is 10.1 Å². The smallest absolute Gasteiger partial charge is 0.296 e. The molecule has 0 aliphatic heterocycles. The first-order valence-corrected chi connectivity index (χ1v) is 10.2. The van der Waals surface area contributed by atoms with Crippen LogP contribution in [0.3, 0.4) is 0 Å². The first kappa shape index (κ1) is 19.0. The van der Waals surface area contributed by atoms with Crippen LogP contribution in [-0.4, -0.2) is 21.1 Å². The summed E-state index contributed by atoms with van der Waals surface area (Å²) in [6.07, 6.45) is 2.60. The van der Waals surface area contributed by atoms with Crippen molar-refractivity contribution in [3.8, 4) is 0 Å². The molecule has 2 atom stereocenters. The lowest BCUT2D eigenvalue weighted by Crippen LogP contribution is -2.14. The summed E-state index contributed by atoms with van der Waals surface area (Å²) in [6.45, 7) is 2.51. The molecular weight excluding hydrogens is 355 g/mol. The second kappa shape index (κ2) is 8.29. The maximum absolute atomic E-state index is 12.9. The highest BCUT2D eigenvalue weighted by Gasteiger charge is 2.27. The molecule has 0 saturated heterocycles. The van der Waals surface area contributed by atoms with Crippen molar-refractivity contribution in [1.82, 2.24) is 0 Å². The van der Waals surface area contributed by atoms with Gasteiger partial charge in [0.15, 0.2) is 0 Å². The van der Waals surface area contributed by atoms with Crippen LogP contribution in [0.1, 0.15) is 30.4 Å². The van der Waals surface area contributed by atoms with Crippen LogP contribution in [-0.2, 0) is 25.6 Å². The molecule has 0 amide bonds. The van der Waals surface area contributed by atoms with Gasteiger partial charge < -0.3 is 4.74 Å². The molecule has 1 aliphatic rings. The monoisotopic (exact) mass is 378 g/mol. The molecule has 2 aromatic rings. The van der Waals surface area contributed by atoms with Crippen molar-refractivity contribution in [3.05, 3.63) is 65.5 Å². The Hall–Kier alpha value is -1.76. The maximum Gasteiger partial charge on any atom is 0.296 e. The van der Waals surface area contributed by atoms with Gasteiger partial charge in [-0.2, -0.15) is 8.42 Å². The van der Waals surface area contributed by atoms with Crippen LogP contribution >= 0.6 is 0 Å². The first-order valence-electron chi connectivity index (χ1n) is 8.74. The zero-order valence-corrected chi connectivity index (χ0v) is 15.5. The zero-order valence-electron chi connectivity index (χ0n) is 14.7. The number of hydrogen-bond acceptors (Lipinski definition) is 4. The molecular formula is C20H23FO4S. The number of hydrogen-bond donors (Lipinski definition) is 0. The molecule has 26 heavy (non-hydrogen) atoms. The molecule has 140 valence electrons. The SMILES string of the molecule is Cc1ccc(S(=O)(=O)OCC2CCC(OCc3ccc(F)cc3)C2)cc1. The van der Waals surface area contributed by atoms with Gasteiger partial charge in [-0.15, -0.1) is 0 Å². The summed E-state index contributed by atoms with van der Waals surface area (Å²) in [7, 11) is -3.72. The van der Waals surface area contributed by atoms with Crippen LogP contribution < -0.4 is 0 Å². The summed E-state index contributed by atoms with van der Waals surface area (Å²) < 4.78 is 48.5. The fourth-order valence-corrected chi connectivity index (χ4v) is 4.06. The van der Waals surface area contributed by atoms with E-state index in [1.54, 1.807) is 36.4 Å². The molecule has 1 fully saturated rings. The Morgan fingerprint density at radius 1 is 1.04 bits per heavy atom. The third-order valence-corrected chi connectivity index (χ3v) is 5.96. The van der Waals surface area contributed by atoms with Gasteiger partial charge >= 0.3 is 0 Å². The number of ether oxygens (including phenoxy) is 1. The van der Waals surface area contributed by atoms with E-state index in [9.17, 15) is 12.8 Å². The van der Waals surface area contributed by atoms with Crippen molar-refractivity contribution in [3.63, 3.8) is 0 Å². The van der Waals surface area contributed by atoms with E-state index in [1.165, 1.54) is 12.1 Å². The van der Waals surface area contributed by atoms with Gasteiger partial charge in [0, 0.05) is 0 Å². The lowest BCUT2D eigenvalue weighted by atomic mass is 10.1. The van der Waals surface area contributed by atoms with E-state index in [0.29, 0.717) is 6.61 Å². The molecule has 6 heteroatoms. The molecule has 2 aromatic carbocycles.